The first-order chi connectivity index (χ1) is 11.8. The molecule has 0 bridgehead atoms. The second-order valence-corrected chi connectivity index (χ2v) is 5.92. The number of methoxy groups -OCH3 is 2. The van der Waals surface area contributed by atoms with Crippen LogP contribution in [0.5, 0.6) is 5.75 Å². The van der Waals surface area contributed by atoms with Gasteiger partial charge in [0.2, 0.25) is 0 Å². The summed E-state index contributed by atoms with van der Waals surface area (Å²) in [6.45, 7) is 4.82. The zero-order chi connectivity index (χ0) is 17.2. The van der Waals surface area contributed by atoms with Crippen LogP contribution in [-0.4, -0.2) is 65.0 Å². The van der Waals surface area contributed by atoms with E-state index in [0.29, 0.717) is 19.1 Å². The summed E-state index contributed by atoms with van der Waals surface area (Å²) in [5, 5.41) is 3.44. The number of aliphatic imine (C=N–C) groups is 1. The van der Waals surface area contributed by atoms with Crippen molar-refractivity contribution in [3.05, 3.63) is 29.8 Å². The topological polar surface area (TPSA) is 55.3 Å². The first-order valence-electron chi connectivity index (χ1n) is 8.42. The molecule has 1 aliphatic heterocycles. The average Bonchev–Trinajstić information content (AvgIpc) is 3.08. The van der Waals surface area contributed by atoms with Crippen LogP contribution in [0.4, 0.5) is 0 Å². The molecule has 25 heavy (non-hydrogen) atoms. The van der Waals surface area contributed by atoms with Gasteiger partial charge in [-0.2, -0.15) is 0 Å². The number of halogens is 1. The maximum Gasteiger partial charge on any atom is 0.193 e. The molecule has 1 fully saturated rings. The van der Waals surface area contributed by atoms with Crippen LogP contribution in [0.25, 0.3) is 0 Å². The lowest BCUT2D eigenvalue weighted by molar-refractivity contribution is 0.0536. The monoisotopic (exact) mass is 463 g/mol. The smallest absolute Gasteiger partial charge is 0.193 e. The van der Waals surface area contributed by atoms with Gasteiger partial charge in [-0.1, -0.05) is 12.1 Å². The third-order valence-corrected chi connectivity index (χ3v) is 4.17. The number of nitrogens with one attached hydrogen (secondary N) is 1. The average molecular weight is 463 g/mol. The Morgan fingerprint density at radius 1 is 1.32 bits per heavy atom. The molecule has 1 heterocycles. The number of ether oxygens (including phenoxy) is 3. The Labute approximate surface area is 167 Å². The van der Waals surface area contributed by atoms with E-state index in [-0.39, 0.29) is 24.0 Å². The van der Waals surface area contributed by atoms with Crippen LogP contribution in [0.1, 0.15) is 12.0 Å². The van der Waals surface area contributed by atoms with Gasteiger partial charge in [-0.3, -0.25) is 4.99 Å². The summed E-state index contributed by atoms with van der Waals surface area (Å²) in [7, 11) is 5.21. The Morgan fingerprint density at radius 2 is 2.16 bits per heavy atom. The zero-order valence-electron chi connectivity index (χ0n) is 15.4. The Kier molecular flexibility index (Phi) is 10.8. The third kappa shape index (κ3) is 7.37. The molecule has 142 valence electrons. The van der Waals surface area contributed by atoms with Gasteiger partial charge >= 0.3 is 0 Å². The minimum Gasteiger partial charge on any atom is -0.497 e. The van der Waals surface area contributed by atoms with E-state index in [4.69, 9.17) is 14.2 Å². The van der Waals surface area contributed by atoms with E-state index >= 15 is 0 Å². The van der Waals surface area contributed by atoms with Crippen LogP contribution in [0, 0.1) is 5.92 Å². The molecular formula is C18H30IN3O3. The van der Waals surface area contributed by atoms with Crippen LogP contribution >= 0.6 is 24.0 Å². The van der Waals surface area contributed by atoms with Crippen molar-refractivity contribution in [3.8, 4) is 5.75 Å². The van der Waals surface area contributed by atoms with Crippen molar-refractivity contribution in [3.63, 3.8) is 0 Å². The Bertz CT molecular complexity index is 528. The van der Waals surface area contributed by atoms with Crippen molar-refractivity contribution >= 4 is 29.9 Å². The molecule has 0 aliphatic carbocycles. The van der Waals surface area contributed by atoms with E-state index in [9.17, 15) is 0 Å². The van der Waals surface area contributed by atoms with E-state index in [1.54, 1.807) is 14.2 Å². The van der Waals surface area contributed by atoms with Gasteiger partial charge in [0.1, 0.15) is 5.75 Å². The van der Waals surface area contributed by atoms with E-state index in [1.807, 2.05) is 25.2 Å². The van der Waals surface area contributed by atoms with Gasteiger partial charge in [-0.25, -0.2) is 0 Å². The van der Waals surface area contributed by atoms with Crippen molar-refractivity contribution in [1.82, 2.24) is 10.2 Å². The SMILES string of the molecule is CN=C(NCc1cccc(OC)c1)N1CCC(COCCOC)C1.I. The van der Waals surface area contributed by atoms with Crippen LogP contribution in [0.2, 0.25) is 0 Å². The summed E-state index contributed by atoms with van der Waals surface area (Å²) in [5.41, 5.74) is 1.18. The fourth-order valence-electron chi connectivity index (χ4n) is 2.85. The molecule has 1 saturated heterocycles. The van der Waals surface area contributed by atoms with Crippen molar-refractivity contribution < 1.29 is 14.2 Å². The maximum absolute atomic E-state index is 5.65. The summed E-state index contributed by atoms with van der Waals surface area (Å²) in [6, 6.07) is 8.07. The maximum atomic E-state index is 5.65. The number of benzene rings is 1. The molecule has 1 aromatic rings. The van der Waals surface area contributed by atoms with Gasteiger partial charge in [0, 0.05) is 39.7 Å². The second-order valence-electron chi connectivity index (χ2n) is 5.92. The van der Waals surface area contributed by atoms with Gasteiger partial charge in [0.25, 0.3) is 0 Å². The third-order valence-electron chi connectivity index (χ3n) is 4.17. The van der Waals surface area contributed by atoms with Crippen molar-refractivity contribution in [1.29, 1.82) is 0 Å². The molecule has 1 atom stereocenters. The predicted molar refractivity (Wildman–Crippen MR) is 111 cm³/mol. The molecule has 1 unspecified atom stereocenters. The highest BCUT2D eigenvalue weighted by Crippen LogP contribution is 2.17. The quantitative estimate of drug-likeness (QED) is 0.278. The molecule has 6 nitrogen and oxygen atoms in total. The fourth-order valence-corrected chi connectivity index (χ4v) is 2.85. The lowest BCUT2D eigenvalue weighted by atomic mass is 10.1. The molecule has 1 aliphatic rings. The van der Waals surface area contributed by atoms with Crippen LogP contribution < -0.4 is 10.1 Å². The van der Waals surface area contributed by atoms with Crippen LogP contribution in [0.15, 0.2) is 29.3 Å². The van der Waals surface area contributed by atoms with Gasteiger partial charge in [-0.05, 0) is 24.1 Å². The molecule has 0 amide bonds. The van der Waals surface area contributed by atoms with Gasteiger partial charge < -0.3 is 24.4 Å². The molecule has 0 radical (unpaired) electrons. The molecule has 0 aromatic heterocycles. The predicted octanol–water partition coefficient (Wildman–Crippen LogP) is 2.37. The van der Waals surface area contributed by atoms with E-state index in [1.165, 1.54) is 5.56 Å². The first kappa shape index (κ1) is 22.0. The highest BCUT2D eigenvalue weighted by molar-refractivity contribution is 14.0. The summed E-state index contributed by atoms with van der Waals surface area (Å²) in [5.74, 6) is 2.37. The number of hydrogen-bond acceptors (Lipinski definition) is 4. The Balaban J connectivity index is 0.00000312. The van der Waals surface area contributed by atoms with Crippen molar-refractivity contribution in [2.75, 3.05) is 54.2 Å². The van der Waals surface area contributed by atoms with E-state index in [2.05, 4.69) is 21.3 Å². The summed E-state index contributed by atoms with van der Waals surface area (Å²) in [4.78, 5) is 6.71. The highest BCUT2D eigenvalue weighted by Gasteiger charge is 2.24. The lowest BCUT2D eigenvalue weighted by Gasteiger charge is -2.22. The molecular weight excluding hydrogens is 433 g/mol. The molecule has 2 rings (SSSR count). The standard InChI is InChI=1S/C18H29N3O3.HI/c1-19-18(20-12-15-5-4-6-17(11-15)23-3)21-8-7-16(13-21)14-24-10-9-22-2;/h4-6,11,16H,7-10,12-14H2,1-3H3,(H,19,20);1H. The second kappa shape index (κ2) is 12.3. The van der Waals surface area contributed by atoms with Crippen LogP contribution in [0.3, 0.4) is 0 Å². The summed E-state index contributed by atoms with van der Waals surface area (Å²) < 4.78 is 15.9. The minimum absolute atomic E-state index is 0. The normalized spacial score (nSPS) is 17.3. The Morgan fingerprint density at radius 3 is 2.88 bits per heavy atom. The lowest BCUT2D eigenvalue weighted by Crippen LogP contribution is -2.39. The molecule has 0 saturated carbocycles. The fraction of sp³-hybridized carbons (Fsp3) is 0.611. The zero-order valence-corrected chi connectivity index (χ0v) is 17.7. The Hall–Kier alpha value is -1.06. The number of hydrogen-bond donors (Lipinski definition) is 1. The molecule has 0 spiro atoms. The van der Waals surface area contributed by atoms with Crippen LogP contribution in [-0.2, 0) is 16.0 Å². The molecule has 1 aromatic carbocycles. The summed E-state index contributed by atoms with van der Waals surface area (Å²) in [6.07, 6.45) is 1.13. The van der Waals surface area contributed by atoms with E-state index in [0.717, 1.165) is 44.4 Å². The van der Waals surface area contributed by atoms with Gasteiger partial charge in [0.05, 0.1) is 26.9 Å². The first-order valence-corrected chi connectivity index (χ1v) is 8.42. The minimum atomic E-state index is 0. The van der Waals surface area contributed by atoms with Gasteiger partial charge in [0.15, 0.2) is 5.96 Å². The number of likely N-dealkylation sites (tertiary alicyclic amines) is 1. The highest BCUT2D eigenvalue weighted by atomic mass is 127. The number of rotatable bonds is 8. The largest absolute Gasteiger partial charge is 0.497 e. The molecule has 7 heteroatoms. The number of nitrogens with zero attached hydrogens (tertiary/aromatic N) is 2. The van der Waals surface area contributed by atoms with Crippen molar-refractivity contribution in [2.24, 2.45) is 10.9 Å². The summed E-state index contributed by atoms with van der Waals surface area (Å²) >= 11 is 0. The van der Waals surface area contributed by atoms with Crippen molar-refractivity contribution in [2.45, 2.75) is 13.0 Å². The number of guanidine groups is 1. The van der Waals surface area contributed by atoms with Gasteiger partial charge in [-0.15, -0.1) is 24.0 Å². The van der Waals surface area contributed by atoms with E-state index < -0.39 is 0 Å². The molecule has 1 N–H and O–H groups in total.